The van der Waals surface area contributed by atoms with Gasteiger partial charge in [-0.25, -0.2) is 9.79 Å². The maximum atomic E-state index is 14.1. The molecule has 9 nitrogen and oxygen atoms in total. The SMILES string of the molecule is CCOC(=O)C1=C(C)N=c2s/c(=C\c3ccc(OCc4ccc(C#N)cc4)c(Br)c3)c(=O)n2[C@@H]1c1cc(OC)c(OC)cc1Br. The third kappa shape index (κ3) is 6.61. The number of aromatic nitrogens is 1. The van der Waals surface area contributed by atoms with Crippen LogP contribution in [0.5, 0.6) is 17.2 Å². The third-order valence-electron chi connectivity index (χ3n) is 7.05. The van der Waals surface area contributed by atoms with Crippen molar-refractivity contribution >= 4 is 55.2 Å². The maximum absolute atomic E-state index is 14.1. The van der Waals surface area contributed by atoms with Gasteiger partial charge in [0.2, 0.25) is 0 Å². The van der Waals surface area contributed by atoms with Gasteiger partial charge in [-0.1, -0.05) is 45.5 Å². The number of carbonyl (C=O) groups excluding carboxylic acids is 1. The summed E-state index contributed by atoms with van der Waals surface area (Å²) in [6.07, 6.45) is 1.78. The number of hydrogen-bond donors (Lipinski definition) is 0. The molecule has 0 spiro atoms. The van der Waals surface area contributed by atoms with Crippen molar-refractivity contribution < 1.29 is 23.7 Å². The van der Waals surface area contributed by atoms with Gasteiger partial charge in [-0.05, 0) is 88.9 Å². The van der Waals surface area contributed by atoms with Crippen LogP contribution in [0.25, 0.3) is 6.08 Å². The van der Waals surface area contributed by atoms with Crippen molar-refractivity contribution in [1.29, 1.82) is 5.26 Å². The lowest BCUT2D eigenvalue weighted by atomic mass is 9.95. The van der Waals surface area contributed by atoms with Crippen LogP contribution in [0.3, 0.4) is 0 Å². The second-order valence-electron chi connectivity index (χ2n) is 9.82. The minimum absolute atomic E-state index is 0.169. The number of carbonyl (C=O) groups is 1. The molecule has 1 aliphatic rings. The van der Waals surface area contributed by atoms with Crippen LogP contribution < -0.4 is 29.1 Å². The summed E-state index contributed by atoms with van der Waals surface area (Å²) in [5, 5.41) is 9.00. The Labute approximate surface area is 279 Å². The molecule has 1 aromatic heterocycles. The summed E-state index contributed by atoms with van der Waals surface area (Å²) in [5.74, 6) is 1.02. The molecule has 3 aromatic carbocycles. The number of allylic oxidation sites excluding steroid dienone is 1. The number of fused-ring (bicyclic) bond motifs is 1. The van der Waals surface area contributed by atoms with Crippen molar-refractivity contribution in [2.75, 3.05) is 20.8 Å². The van der Waals surface area contributed by atoms with Gasteiger partial charge in [-0.3, -0.25) is 9.36 Å². The second kappa shape index (κ2) is 13.9. The largest absolute Gasteiger partial charge is 0.493 e. The number of rotatable bonds is 9. The number of ether oxygens (including phenoxy) is 4. The predicted molar refractivity (Wildman–Crippen MR) is 177 cm³/mol. The normalized spacial score (nSPS) is 14.3. The third-order valence-corrected chi connectivity index (χ3v) is 9.33. The van der Waals surface area contributed by atoms with E-state index in [2.05, 4.69) is 42.9 Å². The van der Waals surface area contributed by atoms with Gasteiger partial charge in [-0.15, -0.1) is 0 Å². The monoisotopic (exact) mass is 751 g/mol. The molecule has 0 radical (unpaired) electrons. The van der Waals surface area contributed by atoms with Crippen molar-refractivity contribution in [3.63, 3.8) is 0 Å². The van der Waals surface area contributed by atoms with Crippen LogP contribution in [0.4, 0.5) is 0 Å². The zero-order valence-corrected chi connectivity index (χ0v) is 28.7. The van der Waals surface area contributed by atoms with E-state index in [-0.39, 0.29) is 17.7 Å². The van der Waals surface area contributed by atoms with E-state index >= 15 is 0 Å². The number of nitrogens with zero attached hydrogens (tertiary/aromatic N) is 3. The lowest BCUT2D eigenvalue weighted by Gasteiger charge is -2.26. The maximum Gasteiger partial charge on any atom is 0.338 e. The summed E-state index contributed by atoms with van der Waals surface area (Å²) in [5.41, 5.74) is 3.31. The quantitative estimate of drug-likeness (QED) is 0.199. The molecule has 4 aromatic rings. The first-order valence-corrected chi connectivity index (χ1v) is 16.1. The lowest BCUT2D eigenvalue weighted by Crippen LogP contribution is -2.40. The standard InChI is InChI=1S/C33H27Br2N3O6S/c1-5-43-32(40)29-18(2)37-33-38(30(29)22-14-26(41-3)27(42-4)15-23(22)34)31(39)28(45-33)13-21-10-11-25(24(35)12-21)44-17-20-8-6-19(16-36)7-9-20/h6-15,30H,5,17H2,1-4H3/b28-13-/t30-/m1/s1. The number of halogens is 2. The summed E-state index contributed by atoms with van der Waals surface area (Å²) in [6, 6.07) is 17.5. The Morgan fingerprint density at radius 1 is 1.04 bits per heavy atom. The summed E-state index contributed by atoms with van der Waals surface area (Å²) in [6.45, 7) is 3.96. The summed E-state index contributed by atoms with van der Waals surface area (Å²) in [7, 11) is 3.06. The fourth-order valence-corrected chi connectivity index (χ4v) is 6.97. The smallest absolute Gasteiger partial charge is 0.338 e. The number of nitriles is 1. The van der Waals surface area contributed by atoms with Gasteiger partial charge in [0.25, 0.3) is 5.56 Å². The van der Waals surface area contributed by atoms with Crippen LogP contribution in [0.2, 0.25) is 0 Å². The molecular weight excluding hydrogens is 726 g/mol. The molecule has 0 N–H and O–H groups in total. The molecule has 0 saturated heterocycles. The van der Waals surface area contributed by atoms with Crippen molar-refractivity contribution in [3.05, 3.63) is 117 Å². The zero-order chi connectivity index (χ0) is 32.2. The van der Waals surface area contributed by atoms with Crippen LogP contribution in [-0.2, 0) is 16.1 Å². The minimum atomic E-state index is -0.832. The molecule has 1 atom stereocenters. The highest BCUT2D eigenvalue weighted by Gasteiger charge is 2.35. The van der Waals surface area contributed by atoms with Crippen LogP contribution in [0.1, 0.15) is 42.1 Å². The summed E-state index contributed by atoms with van der Waals surface area (Å²) >= 11 is 8.43. The Bertz CT molecular complexity index is 2040. The van der Waals surface area contributed by atoms with Crippen molar-refractivity contribution in [2.24, 2.45) is 4.99 Å². The van der Waals surface area contributed by atoms with E-state index in [0.717, 1.165) is 11.1 Å². The fourth-order valence-electron chi connectivity index (χ4n) is 4.88. The first-order chi connectivity index (χ1) is 21.7. The molecule has 45 heavy (non-hydrogen) atoms. The van der Waals surface area contributed by atoms with Crippen molar-refractivity contribution in [3.8, 4) is 23.3 Å². The van der Waals surface area contributed by atoms with Gasteiger partial charge in [0.05, 0.1) is 58.8 Å². The van der Waals surface area contributed by atoms with Gasteiger partial charge in [0, 0.05) is 4.47 Å². The van der Waals surface area contributed by atoms with E-state index in [1.54, 1.807) is 44.2 Å². The number of thiazole rings is 1. The number of methoxy groups -OCH3 is 2. The molecule has 230 valence electrons. The highest BCUT2D eigenvalue weighted by molar-refractivity contribution is 9.10. The summed E-state index contributed by atoms with van der Waals surface area (Å²) < 4.78 is 25.7. The molecule has 12 heteroatoms. The Kier molecular flexibility index (Phi) is 9.92. The van der Waals surface area contributed by atoms with Gasteiger partial charge >= 0.3 is 5.97 Å². The van der Waals surface area contributed by atoms with Crippen LogP contribution >= 0.6 is 43.2 Å². The molecule has 0 unspecified atom stereocenters. The Morgan fingerprint density at radius 2 is 1.76 bits per heavy atom. The molecule has 0 amide bonds. The van der Waals surface area contributed by atoms with Crippen molar-refractivity contribution in [1.82, 2.24) is 4.57 Å². The average Bonchev–Trinajstić information content (AvgIpc) is 3.33. The molecule has 0 fully saturated rings. The van der Waals surface area contributed by atoms with Gasteiger partial charge < -0.3 is 18.9 Å². The van der Waals surface area contributed by atoms with Crippen LogP contribution in [0, 0.1) is 11.3 Å². The molecule has 0 saturated carbocycles. The highest BCUT2D eigenvalue weighted by Crippen LogP contribution is 2.40. The number of esters is 1. The van der Waals surface area contributed by atoms with E-state index in [1.165, 1.54) is 30.1 Å². The number of benzene rings is 3. The summed E-state index contributed by atoms with van der Waals surface area (Å²) in [4.78, 5) is 32.4. The topological polar surface area (TPSA) is 112 Å². The van der Waals surface area contributed by atoms with Crippen molar-refractivity contribution in [2.45, 2.75) is 26.5 Å². The molecule has 0 bridgehead atoms. The predicted octanol–water partition coefficient (Wildman–Crippen LogP) is 5.79. The highest BCUT2D eigenvalue weighted by atomic mass is 79.9. The van der Waals surface area contributed by atoms with E-state index in [4.69, 9.17) is 24.2 Å². The van der Waals surface area contributed by atoms with Gasteiger partial charge in [0.15, 0.2) is 16.3 Å². The Hall–Kier alpha value is -4.18. The molecule has 2 heterocycles. The molecule has 5 rings (SSSR count). The van der Waals surface area contributed by atoms with Crippen LogP contribution in [-0.4, -0.2) is 31.4 Å². The first kappa shape index (κ1) is 32.2. The van der Waals surface area contributed by atoms with E-state index in [9.17, 15) is 9.59 Å². The number of hydrogen-bond acceptors (Lipinski definition) is 9. The van der Waals surface area contributed by atoms with E-state index in [0.29, 0.717) is 59.0 Å². The Balaban J connectivity index is 1.55. The molecular formula is C33H27Br2N3O6S. The molecule has 0 aliphatic carbocycles. The fraction of sp³-hybridized carbons (Fsp3) is 0.212. The van der Waals surface area contributed by atoms with Crippen LogP contribution in [0.15, 0.2) is 84.6 Å². The lowest BCUT2D eigenvalue weighted by molar-refractivity contribution is -0.139. The average molecular weight is 753 g/mol. The molecule has 1 aliphatic heterocycles. The van der Waals surface area contributed by atoms with Gasteiger partial charge in [-0.2, -0.15) is 5.26 Å². The van der Waals surface area contributed by atoms with E-state index < -0.39 is 12.0 Å². The zero-order valence-electron chi connectivity index (χ0n) is 24.7. The Morgan fingerprint density at radius 3 is 2.40 bits per heavy atom. The van der Waals surface area contributed by atoms with Gasteiger partial charge in [0.1, 0.15) is 12.4 Å². The second-order valence-corrected chi connectivity index (χ2v) is 12.5. The first-order valence-electron chi connectivity index (χ1n) is 13.7. The minimum Gasteiger partial charge on any atom is -0.493 e. The van der Waals surface area contributed by atoms with E-state index in [1.807, 2.05) is 30.3 Å².